The molecular formula is C25H38O14. The van der Waals surface area contributed by atoms with Crippen LogP contribution in [0.15, 0.2) is 0 Å². The summed E-state index contributed by atoms with van der Waals surface area (Å²) in [7, 11) is 0. The van der Waals surface area contributed by atoms with E-state index in [1.807, 2.05) is 0 Å². The molecular weight excluding hydrogens is 524 g/mol. The van der Waals surface area contributed by atoms with Gasteiger partial charge in [-0.3, -0.25) is 4.79 Å². The second-order valence-corrected chi connectivity index (χ2v) is 9.45. The SMILES string of the molecule is CCOC(=O)C(C)OC(=O)C(C)OC(=O)C(C)OC(=O)C(C)OC(=O)C(C)OC(=O)C(C)OC(=O)C(C)(C)C. The van der Waals surface area contributed by atoms with Crippen molar-refractivity contribution in [3.05, 3.63) is 0 Å². The van der Waals surface area contributed by atoms with Crippen molar-refractivity contribution in [1.29, 1.82) is 0 Å². The van der Waals surface area contributed by atoms with E-state index < -0.39 is 83.8 Å². The highest BCUT2D eigenvalue weighted by molar-refractivity contribution is 5.87. The van der Waals surface area contributed by atoms with Crippen LogP contribution in [0.2, 0.25) is 0 Å². The monoisotopic (exact) mass is 562 g/mol. The summed E-state index contributed by atoms with van der Waals surface area (Å²) >= 11 is 0. The molecule has 0 aliphatic rings. The van der Waals surface area contributed by atoms with Gasteiger partial charge in [-0.05, 0) is 69.2 Å². The highest BCUT2D eigenvalue weighted by Crippen LogP contribution is 2.17. The Morgan fingerprint density at radius 3 is 0.923 bits per heavy atom. The molecule has 0 rings (SSSR count). The van der Waals surface area contributed by atoms with E-state index in [9.17, 15) is 33.6 Å². The van der Waals surface area contributed by atoms with Crippen molar-refractivity contribution in [2.45, 2.75) is 106 Å². The van der Waals surface area contributed by atoms with E-state index in [0.717, 1.165) is 13.8 Å². The van der Waals surface area contributed by atoms with Gasteiger partial charge in [-0.2, -0.15) is 0 Å². The molecule has 0 saturated carbocycles. The molecule has 14 heteroatoms. The number of carbonyl (C=O) groups is 7. The largest absolute Gasteiger partial charge is 0.463 e. The maximum atomic E-state index is 12.2. The molecule has 0 heterocycles. The third-order valence-electron chi connectivity index (χ3n) is 4.64. The van der Waals surface area contributed by atoms with Crippen molar-refractivity contribution in [1.82, 2.24) is 0 Å². The van der Waals surface area contributed by atoms with Crippen LogP contribution in [-0.4, -0.2) is 85.0 Å². The normalized spacial score (nSPS) is 15.6. The summed E-state index contributed by atoms with van der Waals surface area (Å²) in [6.07, 6.45) is -8.45. The van der Waals surface area contributed by atoms with E-state index in [4.69, 9.17) is 33.2 Å². The molecule has 14 nitrogen and oxygen atoms in total. The van der Waals surface area contributed by atoms with Crippen LogP contribution >= 0.6 is 0 Å². The third-order valence-corrected chi connectivity index (χ3v) is 4.64. The zero-order chi connectivity index (χ0) is 30.7. The Morgan fingerprint density at radius 1 is 0.462 bits per heavy atom. The van der Waals surface area contributed by atoms with Crippen LogP contribution in [0.25, 0.3) is 0 Å². The number of carbonyl (C=O) groups excluding carboxylic acids is 7. The molecule has 0 aromatic heterocycles. The number of rotatable bonds is 13. The van der Waals surface area contributed by atoms with Gasteiger partial charge in [0.25, 0.3) is 0 Å². The minimum absolute atomic E-state index is 0.0833. The molecule has 0 aliphatic heterocycles. The molecule has 6 atom stereocenters. The summed E-state index contributed by atoms with van der Waals surface area (Å²) in [5.41, 5.74) is -0.859. The van der Waals surface area contributed by atoms with Crippen molar-refractivity contribution in [2.24, 2.45) is 5.41 Å². The Bertz CT molecular complexity index is 918. The summed E-state index contributed by atoms with van der Waals surface area (Å²) in [6.45, 7) is 13.7. The van der Waals surface area contributed by atoms with Crippen LogP contribution in [-0.2, 0) is 66.7 Å². The van der Waals surface area contributed by atoms with Crippen LogP contribution in [0.1, 0.15) is 69.2 Å². The average Bonchev–Trinajstić information content (AvgIpc) is 2.82. The molecule has 0 aromatic rings. The van der Waals surface area contributed by atoms with Gasteiger partial charge in [-0.1, -0.05) is 0 Å². The van der Waals surface area contributed by atoms with Crippen LogP contribution < -0.4 is 0 Å². The molecule has 0 amide bonds. The molecule has 222 valence electrons. The molecule has 6 unspecified atom stereocenters. The predicted octanol–water partition coefficient (Wildman–Crippen LogP) is 1.19. The standard InChI is InChI=1S/C25H38O14/c1-11-33-18(26)12(2)34-19(27)13(3)35-20(28)14(4)36-21(29)15(5)37-22(30)16(6)38-23(31)17(7)39-24(32)25(8,9)10/h12-17H,11H2,1-10H3. The minimum Gasteiger partial charge on any atom is -0.463 e. The number of hydrogen-bond donors (Lipinski definition) is 0. The molecule has 0 N–H and O–H groups in total. The molecule has 0 aromatic carbocycles. The van der Waals surface area contributed by atoms with Crippen molar-refractivity contribution >= 4 is 41.8 Å². The molecule has 0 fully saturated rings. The Labute approximate surface area is 226 Å². The average molecular weight is 563 g/mol. The summed E-state index contributed by atoms with van der Waals surface area (Å²) in [5, 5.41) is 0. The molecule has 39 heavy (non-hydrogen) atoms. The fourth-order valence-corrected chi connectivity index (χ4v) is 2.24. The van der Waals surface area contributed by atoms with Gasteiger partial charge in [0, 0.05) is 0 Å². The quantitative estimate of drug-likeness (QED) is 0.230. The summed E-state index contributed by atoms with van der Waals surface area (Å²) in [5.74, 6) is -6.82. The lowest BCUT2D eigenvalue weighted by molar-refractivity contribution is -0.188. The molecule has 0 spiro atoms. The topological polar surface area (TPSA) is 184 Å². The first-order valence-electron chi connectivity index (χ1n) is 12.2. The zero-order valence-electron chi connectivity index (χ0n) is 23.9. The first-order valence-corrected chi connectivity index (χ1v) is 12.2. The number of esters is 7. The maximum Gasteiger partial charge on any atom is 0.347 e. The Kier molecular flexibility index (Phi) is 14.2. The van der Waals surface area contributed by atoms with Crippen molar-refractivity contribution in [2.75, 3.05) is 6.61 Å². The van der Waals surface area contributed by atoms with Gasteiger partial charge < -0.3 is 33.2 Å². The number of hydrogen-bond acceptors (Lipinski definition) is 14. The van der Waals surface area contributed by atoms with E-state index in [1.165, 1.54) is 27.7 Å². The van der Waals surface area contributed by atoms with Crippen LogP contribution in [0, 0.1) is 5.41 Å². The lowest BCUT2D eigenvalue weighted by Crippen LogP contribution is -2.39. The van der Waals surface area contributed by atoms with E-state index in [-0.39, 0.29) is 6.61 Å². The van der Waals surface area contributed by atoms with Gasteiger partial charge in [-0.25, -0.2) is 28.8 Å². The fourth-order valence-electron chi connectivity index (χ4n) is 2.24. The van der Waals surface area contributed by atoms with Crippen molar-refractivity contribution in [3.8, 4) is 0 Å². The van der Waals surface area contributed by atoms with E-state index >= 15 is 0 Å². The molecule has 0 aliphatic carbocycles. The van der Waals surface area contributed by atoms with Crippen molar-refractivity contribution in [3.63, 3.8) is 0 Å². The fraction of sp³-hybridized carbons (Fsp3) is 0.720. The first-order chi connectivity index (χ1) is 17.8. The Balaban J connectivity index is 4.75. The maximum absolute atomic E-state index is 12.2. The number of ether oxygens (including phenoxy) is 7. The highest BCUT2D eigenvalue weighted by Gasteiger charge is 2.33. The van der Waals surface area contributed by atoms with Crippen LogP contribution in [0.5, 0.6) is 0 Å². The van der Waals surface area contributed by atoms with Gasteiger partial charge in [0.15, 0.2) is 36.6 Å². The minimum atomic E-state index is -1.52. The summed E-state index contributed by atoms with van der Waals surface area (Å²) < 4.78 is 34.2. The second kappa shape index (κ2) is 15.6. The van der Waals surface area contributed by atoms with Crippen LogP contribution in [0.3, 0.4) is 0 Å². The second-order valence-electron chi connectivity index (χ2n) is 9.45. The van der Waals surface area contributed by atoms with E-state index in [0.29, 0.717) is 0 Å². The molecule has 0 radical (unpaired) electrons. The summed E-state index contributed by atoms with van der Waals surface area (Å²) in [4.78, 5) is 84.2. The predicted molar refractivity (Wildman–Crippen MR) is 129 cm³/mol. The molecule has 0 bridgehead atoms. The zero-order valence-corrected chi connectivity index (χ0v) is 23.9. The third kappa shape index (κ3) is 12.6. The Morgan fingerprint density at radius 2 is 0.692 bits per heavy atom. The summed E-state index contributed by atoms with van der Waals surface area (Å²) in [6, 6.07) is 0. The Hall–Kier alpha value is -3.71. The van der Waals surface area contributed by atoms with Crippen molar-refractivity contribution < 1.29 is 66.7 Å². The molecule has 0 saturated heterocycles. The smallest absolute Gasteiger partial charge is 0.347 e. The van der Waals surface area contributed by atoms with Gasteiger partial charge in [0.1, 0.15) is 0 Å². The van der Waals surface area contributed by atoms with Gasteiger partial charge >= 0.3 is 41.8 Å². The lowest BCUT2D eigenvalue weighted by Gasteiger charge is -2.22. The van der Waals surface area contributed by atoms with Crippen LogP contribution in [0.4, 0.5) is 0 Å². The van der Waals surface area contributed by atoms with Gasteiger partial charge in [0.05, 0.1) is 12.0 Å². The lowest BCUT2D eigenvalue weighted by atomic mass is 9.97. The van der Waals surface area contributed by atoms with E-state index in [2.05, 4.69) is 0 Å². The van der Waals surface area contributed by atoms with E-state index in [1.54, 1.807) is 27.7 Å². The highest BCUT2D eigenvalue weighted by atomic mass is 16.7. The van der Waals surface area contributed by atoms with Gasteiger partial charge in [-0.15, -0.1) is 0 Å². The van der Waals surface area contributed by atoms with Gasteiger partial charge in [0.2, 0.25) is 0 Å². The first kappa shape index (κ1) is 35.3.